The molecule has 1 unspecified atom stereocenters. The number of nitrogens with zero attached hydrogens (tertiary/aromatic N) is 2. The van der Waals surface area contributed by atoms with Crippen LogP contribution in [0.3, 0.4) is 0 Å². The van der Waals surface area contributed by atoms with Crippen molar-refractivity contribution in [3.63, 3.8) is 0 Å². The van der Waals surface area contributed by atoms with Gasteiger partial charge in [0.25, 0.3) is 6.09 Å². The number of hydrogen-bond acceptors (Lipinski definition) is 4. The van der Waals surface area contributed by atoms with Gasteiger partial charge in [-0.3, -0.25) is 9.38 Å². The average Bonchev–Trinajstić information content (AvgIpc) is 2.46. The number of carbonyl (C=O) groups is 1. The molecule has 1 aliphatic rings. The van der Waals surface area contributed by atoms with E-state index < -0.39 is 6.09 Å². The first-order chi connectivity index (χ1) is 10.7. The van der Waals surface area contributed by atoms with Crippen LogP contribution in [0.25, 0.3) is 0 Å². The molecule has 1 saturated heterocycles. The zero-order valence-electron chi connectivity index (χ0n) is 14.9. The average molecular weight is 319 g/mol. The maximum absolute atomic E-state index is 11.9. The highest BCUT2D eigenvalue weighted by Gasteiger charge is 2.49. The zero-order valence-corrected chi connectivity index (χ0v) is 14.9. The third-order valence-corrected chi connectivity index (χ3v) is 5.22. The second-order valence-corrected chi connectivity index (χ2v) is 7.56. The summed E-state index contributed by atoms with van der Waals surface area (Å²) in [5, 5.41) is 15.0. The molecule has 5 nitrogen and oxygen atoms in total. The monoisotopic (exact) mass is 319 g/mol. The topological polar surface area (TPSA) is 55.4 Å². The standard InChI is InChI=1S/C18H29N3O2/c1-14-12-20(13-15-6-8-16(19-5)9-7-15)10-11-21(14,17(22)23)18(2,3)4/h6-9,14,19H,10-13H2,1-5H3/t14-,21?/m0/s1. The van der Waals surface area contributed by atoms with Gasteiger partial charge in [0.15, 0.2) is 0 Å². The number of rotatable bonds is 3. The minimum absolute atomic E-state index is 0.00494. The Morgan fingerprint density at radius 1 is 1.35 bits per heavy atom. The fourth-order valence-electron chi connectivity index (χ4n) is 3.84. The van der Waals surface area contributed by atoms with E-state index in [-0.39, 0.29) is 16.1 Å². The lowest BCUT2D eigenvalue weighted by Crippen LogP contribution is -2.76. The van der Waals surface area contributed by atoms with Gasteiger partial charge in [-0.1, -0.05) is 12.1 Å². The van der Waals surface area contributed by atoms with Crippen LogP contribution in [0.2, 0.25) is 0 Å². The van der Waals surface area contributed by atoms with Crippen LogP contribution in [0, 0.1) is 0 Å². The van der Waals surface area contributed by atoms with Gasteiger partial charge < -0.3 is 15.2 Å². The summed E-state index contributed by atoms with van der Waals surface area (Å²) >= 11 is 0. The number of carboxylic acid groups (broad SMARTS) is 1. The van der Waals surface area contributed by atoms with Crippen molar-refractivity contribution in [1.29, 1.82) is 0 Å². The van der Waals surface area contributed by atoms with E-state index in [2.05, 4.69) is 34.5 Å². The van der Waals surface area contributed by atoms with Crippen molar-refractivity contribution in [2.75, 3.05) is 32.0 Å². The molecule has 0 bridgehead atoms. The molecule has 1 aliphatic heterocycles. The van der Waals surface area contributed by atoms with E-state index in [1.165, 1.54) is 5.56 Å². The minimum atomic E-state index is -0.956. The van der Waals surface area contributed by atoms with Gasteiger partial charge in [0.2, 0.25) is 0 Å². The molecular weight excluding hydrogens is 290 g/mol. The Morgan fingerprint density at radius 3 is 2.39 bits per heavy atom. The number of amides is 1. The lowest BCUT2D eigenvalue weighted by Gasteiger charge is -2.55. The summed E-state index contributed by atoms with van der Waals surface area (Å²) < 4.78 is 0.0300. The Morgan fingerprint density at radius 2 is 1.96 bits per heavy atom. The molecule has 1 heterocycles. The Hall–Kier alpha value is -1.59. The van der Waals surface area contributed by atoms with E-state index in [0.717, 1.165) is 25.3 Å². The van der Waals surface area contributed by atoms with Crippen molar-refractivity contribution < 1.29 is 14.4 Å². The summed E-state index contributed by atoms with van der Waals surface area (Å²) in [7, 11) is 1.91. The van der Waals surface area contributed by atoms with Crippen LogP contribution in [0.15, 0.2) is 24.3 Å². The lowest BCUT2D eigenvalue weighted by molar-refractivity contribution is -0.943. The predicted molar refractivity (Wildman–Crippen MR) is 91.0 cm³/mol. The van der Waals surface area contributed by atoms with E-state index in [0.29, 0.717) is 6.54 Å². The third-order valence-electron chi connectivity index (χ3n) is 5.22. The van der Waals surface area contributed by atoms with Crippen molar-refractivity contribution in [3.05, 3.63) is 29.8 Å². The number of carbonyl (C=O) groups excluding carboxylic acids is 1. The summed E-state index contributed by atoms with van der Waals surface area (Å²) in [5.41, 5.74) is 1.99. The Balaban J connectivity index is 2.09. The smallest absolute Gasteiger partial charge is 0.258 e. The largest absolute Gasteiger partial charge is 0.498 e. The fourth-order valence-corrected chi connectivity index (χ4v) is 3.84. The van der Waals surface area contributed by atoms with Gasteiger partial charge in [0.05, 0.1) is 18.6 Å². The Labute approximate surface area is 139 Å². The number of anilines is 1. The quantitative estimate of drug-likeness (QED) is 0.865. The van der Waals surface area contributed by atoms with Gasteiger partial charge in [0.1, 0.15) is 6.04 Å². The van der Waals surface area contributed by atoms with E-state index in [4.69, 9.17) is 0 Å². The number of benzene rings is 1. The molecule has 1 N–H and O–H groups in total. The maximum Gasteiger partial charge on any atom is 0.258 e. The highest BCUT2D eigenvalue weighted by Crippen LogP contribution is 2.32. The molecule has 128 valence electrons. The second-order valence-electron chi connectivity index (χ2n) is 7.56. The first kappa shape index (κ1) is 17.8. The van der Waals surface area contributed by atoms with Gasteiger partial charge in [-0.05, 0) is 45.4 Å². The molecule has 0 saturated carbocycles. The van der Waals surface area contributed by atoms with Crippen molar-refractivity contribution in [2.45, 2.75) is 45.8 Å². The number of piperazine rings is 1. The van der Waals surface area contributed by atoms with E-state index in [9.17, 15) is 9.90 Å². The number of quaternary nitrogens is 1. The molecule has 23 heavy (non-hydrogen) atoms. The van der Waals surface area contributed by atoms with Crippen LogP contribution in [-0.4, -0.2) is 53.7 Å². The lowest BCUT2D eigenvalue weighted by atomic mass is 9.95. The van der Waals surface area contributed by atoms with Gasteiger partial charge >= 0.3 is 0 Å². The molecule has 1 aromatic carbocycles. The highest BCUT2D eigenvalue weighted by atomic mass is 16.4. The summed E-state index contributed by atoms with van der Waals surface area (Å²) in [5.74, 6) is 0. The number of nitrogens with one attached hydrogen (secondary N) is 1. The molecule has 2 rings (SSSR count). The molecule has 0 spiro atoms. The molecule has 1 amide bonds. The van der Waals surface area contributed by atoms with Crippen molar-refractivity contribution in [2.24, 2.45) is 0 Å². The summed E-state index contributed by atoms with van der Waals surface area (Å²) in [6.07, 6.45) is -0.956. The van der Waals surface area contributed by atoms with Crippen molar-refractivity contribution in [1.82, 2.24) is 4.90 Å². The maximum atomic E-state index is 11.9. The van der Waals surface area contributed by atoms with Gasteiger partial charge in [-0.25, -0.2) is 0 Å². The van der Waals surface area contributed by atoms with Gasteiger partial charge in [-0.2, -0.15) is 0 Å². The molecule has 0 radical (unpaired) electrons. The highest BCUT2D eigenvalue weighted by molar-refractivity contribution is 5.55. The molecule has 5 heteroatoms. The second kappa shape index (κ2) is 6.49. The Bertz CT molecular complexity index is 550. The first-order valence-electron chi connectivity index (χ1n) is 8.29. The molecule has 2 atom stereocenters. The van der Waals surface area contributed by atoms with E-state index in [1.807, 2.05) is 34.7 Å². The fraction of sp³-hybridized carbons (Fsp3) is 0.611. The van der Waals surface area contributed by atoms with Crippen LogP contribution in [0.4, 0.5) is 10.5 Å². The van der Waals surface area contributed by atoms with Gasteiger partial charge in [0, 0.05) is 25.8 Å². The van der Waals surface area contributed by atoms with Crippen molar-refractivity contribution >= 4 is 11.8 Å². The van der Waals surface area contributed by atoms with E-state index >= 15 is 0 Å². The zero-order chi connectivity index (χ0) is 17.3. The van der Waals surface area contributed by atoms with Crippen LogP contribution in [0.1, 0.15) is 33.3 Å². The summed E-state index contributed by atoms with van der Waals surface area (Å²) in [4.78, 5) is 14.2. The molecule has 1 fully saturated rings. The van der Waals surface area contributed by atoms with E-state index in [1.54, 1.807) is 0 Å². The van der Waals surface area contributed by atoms with Crippen LogP contribution in [0.5, 0.6) is 0 Å². The molecule has 0 aromatic heterocycles. The molecule has 0 aliphatic carbocycles. The normalized spacial score (nSPS) is 26.0. The van der Waals surface area contributed by atoms with Crippen LogP contribution in [-0.2, 0) is 6.54 Å². The molecular formula is C18H29N3O2. The Kier molecular flexibility index (Phi) is 5.01. The van der Waals surface area contributed by atoms with Crippen LogP contribution >= 0.6 is 0 Å². The summed E-state index contributed by atoms with van der Waals surface area (Å²) in [6.45, 7) is 11.0. The molecule has 1 aromatic rings. The van der Waals surface area contributed by atoms with Crippen molar-refractivity contribution in [3.8, 4) is 0 Å². The van der Waals surface area contributed by atoms with Crippen LogP contribution < -0.4 is 10.4 Å². The minimum Gasteiger partial charge on any atom is -0.498 e. The predicted octanol–water partition coefficient (Wildman–Crippen LogP) is 1.89. The SMILES string of the molecule is CNc1ccc(CN2CC[N+](C(=O)[O-])(C(C)(C)C)[C@@H](C)C2)cc1. The number of hydrogen-bond donors (Lipinski definition) is 1. The first-order valence-corrected chi connectivity index (χ1v) is 8.29. The van der Waals surface area contributed by atoms with Gasteiger partial charge in [-0.15, -0.1) is 0 Å². The third kappa shape index (κ3) is 3.35. The summed E-state index contributed by atoms with van der Waals surface area (Å²) in [6, 6.07) is 8.38.